The van der Waals surface area contributed by atoms with Crippen molar-refractivity contribution in [2.24, 2.45) is 0 Å². The van der Waals surface area contributed by atoms with Crippen LogP contribution in [0.1, 0.15) is 29.0 Å². The summed E-state index contributed by atoms with van der Waals surface area (Å²) in [5, 5.41) is 10.2. The fraction of sp³-hybridized carbons (Fsp3) is 0.294. The third-order valence-corrected chi connectivity index (χ3v) is 4.37. The summed E-state index contributed by atoms with van der Waals surface area (Å²) in [7, 11) is 0. The predicted octanol–water partition coefficient (Wildman–Crippen LogP) is 4.08. The van der Waals surface area contributed by atoms with Gasteiger partial charge in [-0.2, -0.15) is 0 Å². The van der Waals surface area contributed by atoms with Gasteiger partial charge >= 0.3 is 0 Å². The van der Waals surface area contributed by atoms with E-state index >= 15 is 0 Å². The Morgan fingerprint density at radius 3 is 2.79 bits per heavy atom. The highest BCUT2D eigenvalue weighted by atomic mass is 79.9. The molecule has 98 valence electrons. The van der Waals surface area contributed by atoms with Crippen molar-refractivity contribution in [3.05, 3.63) is 69.7 Å². The highest BCUT2D eigenvalue weighted by Gasteiger charge is 2.27. The zero-order valence-corrected chi connectivity index (χ0v) is 12.3. The van der Waals surface area contributed by atoms with Gasteiger partial charge in [0.05, 0.1) is 6.10 Å². The van der Waals surface area contributed by atoms with E-state index in [-0.39, 0.29) is 6.10 Å². The Kier molecular flexibility index (Phi) is 3.72. The summed E-state index contributed by atoms with van der Waals surface area (Å²) in [6, 6.07) is 16.7. The van der Waals surface area contributed by atoms with E-state index in [9.17, 15) is 5.11 Å². The molecule has 2 heteroatoms. The number of hydrogen-bond donors (Lipinski definition) is 1. The average Bonchev–Trinajstić information content (AvgIpc) is 2.36. The molecule has 2 aromatic rings. The second-order valence-corrected chi connectivity index (χ2v) is 6.24. The zero-order chi connectivity index (χ0) is 13.2. The van der Waals surface area contributed by atoms with Crippen LogP contribution in [0.4, 0.5) is 0 Å². The fourth-order valence-corrected chi connectivity index (χ4v) is 3.37. The summed E-state index contributed by atoms with van der Waals surface area (Å²) in [5.74, 6) is 0.540. The van der Waals surface area contributed by atoms with Crippen molar-refractivity contribution in [3.8, 4) is 0 Å². The zero-order valence-electron chi connectivity index (χ0n) is 10.7. The Morgan fingerprint density at radius 2 is 2.00 bits per heavy atom. The lowest BCUT2D eigenvalue weighted by Gasteiger charge is -2.31. The molecule has 0 aromatic heterocycles. The molecule has 0 saturated carbocycles. The summed E-state index contributed by atoms with van der Waals surface area (Å²) < 4.78 is 1.08. The average molecular weight is 317 g/mol. The Morgan fingerprint density at radius 1 is 1.16 bits per heavy atom. The van der Waals surface area contributed by atoms with Crippen molar-refractivity contribution in [1.82, 2.24) is 0 Å². The normalized spacial score (nSPS) is 18.5. The first-order chi connectivity index (χ1) is 9.22. The second kappa shape index (κ2) is 5.48. The van der Waals surface area contributed by atoms with Crippen molar-refractivity contribution < 1.29 is 5.11 Å². The van der Waals surface area contributed by atoms with Gasteiger partial charge in [-0.25, -0.2) is 0 Å². The van der Waals surface area contributed by atoms with Crippen LogP contribution in [0.15, 0.2) is 53.0 Å². The molecular weight excluding hydrogens is 300 g/mol. The maximum absolute atomic E-state index is 10.2. The van der Waals surface area contributed by atoms with E-state index in [1.165, 1.54) is 16.7 Å². The molecule has 3 rings (SSSR count). The van der Waals surface area contributed by atoms with Crippen LogP contribution in [-0.4, -0.2) is 11.2 Å². The molecule has 1 nitrogen and oxygen atoms in total. The van der Waals surface area contributed by atoms with Crippen LogP contribution in [-0.2, 0) is 12.8 Å². The highest BCUT2D eigenvalue weighted by molar-refractivity contribution is 9.10. The van der Waals surface area contributed by atoms with Gasteiger partial charge in [0.2, 0.25) is 0 Å². The van der Waals surface area contributed by atoms with Crippen molar-refractivity contribution in [3.63, 3.8) is 0 Å². The minimum atomic E-state index is -0.257. The van der Waals surface area contributed by atoms with E-state index in [0.717, 1.165) is 23.7 Å². The molecule has 2 atom stereocenters. The van der Waals surface area contributed by atoms with E-state index in [2.05, 4.69) is 52.3 Å². The molecule has 0 aliphatic heterocycles. The van der Waals surface area contributed by atoms with E-state index < -0.39 is 0 Å². The number of aliphatic hydroxyl groups is 1. The predicted molar refractivity (Wildman–Crippen MR) is 81.4 cm³/mol. The first-order valence-electron chi connectivity index (χ1n) is 6.72. The molecule has 0 spiro atoms. The molecule has 1 N–H and O–H groups in total. The van der Waals surface area contributed by atoms with Gasteiger partial charge < -0.3 is 5.11 Å². The van der Waals surface area contributed by atoms with Gasteiger partial charge in [0.15, 0.2) is 0 Å². The first-order valence-corrected chi connectivity index (χ1v) is 7.52. The van der Waals surface area contributed by atoms with Crippen LogP contribution < -0.4 is 0 Å². The van der Waals surface area contributed by atoms with E-state index in [1.54, 1.807) is 0 Å². The Bertz CT molecular complexity index is 579. The molecule has 2 aromatic carbocycles. The van der Waals surface area contributed by atoms with Crippen molar-refractivity contribution in [2.75, 3.05) is 0 Å². The molecule has 0 amide bonds. The number of hydrogen-bond acceptors (Lipinski definition) is 1. The van der Waals surface area contributed by atoms with E-state index in [4.69, 9.17) is 0 Å². The molecule has 0 bridgehead atoms. The number of benzene rings is 2. The van der Waals surface area contributed by atoms with Gasteiger partial charge in [0.1, 0.15) is 0 Å². The molecule has 1 aliphatic rings. The van der Waals surface area contributed by atoms with Crippen LogP contribution in [0.2, 0.25) is 0 Å². The molecule has 0 fully saturated rings. The van der Waals surface area contributed by atoms with Gasteiger partial charge in [0.25, 0.3) is 0 Å². The molecule has 1 aliphatic carbocycles. The minimum Gasteiger partial charge on any atom is -0.393 e. The van der Waals surface area contributed by atoms with Crippen LogP contribution in [0.5, 0.6) is 0 Å². The SMILES string of the molecule is OC(Cc1cccc(Br)c1)CC1Cc2ccccc21. The number of fused-ring (bicyclic) bond motifs is 1. The minimum absolute atomic E-state index is 0.257. The summed E-state index contributed by atoms with van der Waals surface area (Å²) in [6.07, 6.45) is 2.46. The van der Waals surface area contributed by atoms with E-state index in [1.807, 2.05) is 12.1 Å². The van der Waals surface area contributed by atoms with Crippen LogP contribution in [0.25, 0.3) is 0 Å². The molecule has 2 unspecified atom stereocenters. The van der Waals surface area contributed by atoms with Crippen LogP contribution >= 0.6 is 15.9 Å². The third kappa shape index (κ3) is 2.90. The van der Waals surface area contributed by atoms with Gasteiger partial charge in [-0.3, -0.25) is 0 Å². The smallest absolute Gasteiger partial charge is 0.0586 e. The van der Waals surface area contributed by atoms with Crippen molar-refractivity contribution in [2.45, 2.75) is 31.3 Å². The number of aliphatic hydroxyl groups excluding tert-OH is 1. The highest BCUT2D eigenvalue weighted by Crippen LogP contribution is 2.38. The Hall–Kier alpha value is -1.12. The maximum atomic E-state index is 10.2. The molecule has 0 heterocycles. The monoisotopic (exact) mass is 316 g/mol. The Balaban J connectivity index is 1.60. The fourth-order valence-electron chi connectivity index (χ4n) is 2.92. The lowest BCUT2D eigenvalue weighted by Crippen LogP contribution is -2.23. The molecule has 19 heavy (non-hydrogen) atoms. The van der Waals surface area contributed by atoms with Crippen LogP contribution in [0, 0.1) is 0 Å². The quantitative estimate of drug-likeness (QED) is 0.901. The topological polar surface area (TPSA) is 20.2 Å². The van der Waals surface area contributed by atoms with Crippen LogP contribution in [0.3, 0.4) is 0 Å². The standard InChI is InChI=1S/C17H17BrO/c18-15-6-3-4-12(8-15)9-16(19)11-14-10-13-5-1-2-7-17(13)14/h1-8,14,16,19H,9-11H2. The lowest BCUT2D eigenvalue weighted by molar-refractivity contribution is 0.151. The maximum Gasteiger partial charge on any atom is 0.0586 e. The van der Waals surface area contributed by atoms with Crippen molar-refractivity contribution >= 4 is 15.9 Å². The summed E-state index contributed by atoms with van der Waals surface area (Å²) >= 11 is 3.47. The van der Waals surface area contributed by atoms with Gasteiger partial charge in [-0.1, -0.05) is 52.3 Å². The summed E-state index contributed by atoms with van der Waals surface area (Å²) in [5.41, 5.74) is 4.06. The second-order valence-electron chi connectivity index (χ2n) is 5.32. The third-order valence-electron chi connectivity index (χ3n) is 3.88. The number of halogens is 1. The largest absolute Gasteiger partial charge is 0.393 e. The van der Waals surface area contributed by atoms with E-state index in [0.29, 0.717) is 5.92 Å². The van der Waals surface area contributed by atoms with Gasteiger partial charge in [-0.15, -0.1) is 0 Å². The van der Waals surface area contributed by atoms with Gasteiger partial charge in [-0.05, 0) is 54.0 Å². The molecular formula is C17H17BrO. The van der Waals surface area contributed by atoms with Crippen molar-refractivity contribution in [1.29, 1.82) is 0 Å². The molecule has 0 saturated heterocycles. The van der Waals surface area contributed by atoms with Gasteiger partial charge in [0, 0.05) is 4.47 Å². The summed E-state index contributed by atoms with van der Waals surface area (Å²) in [4.78, 5) is 0. The number of rotatable bonds is 4. The summed E-state index contributed by atoms with van der Waals surface area (Å²) in [6.45, 7) is 0. The first kappa shape index (κ1) is 12.9. The molecule has 0 radical (unpaired) electrons. The Labute approximate surface area is 122 Å². The lowest BCUT2D eigenvalue weighted by atomic mass is 9.74.